The predicted molar refractivity (Wildman–Crippen MR) is 122 cm³/mol. The first-order valence-electron chi connectivity index (χ1n) is 10.2. The van der Waals surface area contributed by atoms with Crippen molar-refractivity contribution < 1.29 is 9.53 Å². The first-order valence-corrected chi connectivity index (χ1v) is 10.2. The first-order chi connectivity index (χ1) is 12.3. The number of nitrogens with zero attached hydrogens (tertiary/aromatic N) is 3. The second kappa shape index (κ2) is 11.3. The van der Waals surface area contributed by atoms with Gasteiger partial charge < -0.3 is 19.9 Å². The number of ether oxygens (including phenoxy) is 1. The summed E-state index contributed by atoms with van der Waals surface area (Å²) in [6.07, 6.45) is 5.61. The monoisotopic (exact) mass is 494 g/mol. The van der Waals surface area contributed by atoms with E-state index in [2.05, 4.69) is 22.1 Å². The van der Waals surface area contributed by atoms with Gasteiger partial charge in [-0.05, 0) is 64.7 Å². The maximum atomic E-state index is 12.3. The molecule has 0 aromatic carbocycles. The number of rotatable bonds is 3. The number of carbonyl (C=O) groups excluding carboxylic acids is 1. The van der Waals surface area contributed by atoms with Gasteiger partial charge in [-0.25, -0.2) is 4.79 Å². The number of nitrogens with one attached hydrogen (secondary N) is 1. The van der Waals surface area contributed by atoms with Gasteiger partial charge in [0.1, 0.15) is 5.60 Å². The highest BCUT2D eigenvalue weighted by atomic mass is 127. The molecule has 1 atom stereocenters. The summed E-state index contributed by atoms with van der Waals surface area (Å²) in [5, 5.41) is 3.52. The third kappa shape index (κ3) is 8.44. The average Bonchev–Trinajstić information content (AvgIpc) is 2.58. The zero-order chi connectivity index (χ0) is 19.2. The molecule has 158 valence electrons. The van der Waals surface area contributed by atoms with E-state index in [1.54, 1.807) is 0 Å². The molecule has 2 aliphatic rings. The van der Waals surface area contributed by atoms with E-state index >= 15 is 0 Å². The third-order valence-corrected chi connectivity index (χ3v) is 5.30. The summed E-state index contributed by atoms with van der Waals surface area (Å²) < 4.78 is 5.52. The molecule has 0 aromatic heterocycles. The van der Waals surface area contributed by atoms with Gasteiger partial charge in [-0.1, -0.05) is 6.92 Å². The van der Waals surface area contributed by atoms with Crippen LogP contribution in [0.1, 0.15) is 59.8 Å². The van der Waals surface area contributed by atoms with Crippen molar-refractivity contribution in [3.8, 4) is 0 Å². The molecule has 0 spiro atoms. The zero-order valence-electron chi connectivity index (χ0n) is 17.8. The lowest BCUT2D eigenvalue weighted by Gasteiger charge is -2.35. The SMILES string of the molecule is CN=C(NCCC1CCCN(C(=O)OC(C)(C)C)C1)N1CCC(C)CC1.I. The largest absolute Gasteiger partial charge is 0.444 e. The van der Waals surface area contributed by atoms with Gasteiger partial charge in [0.2, 0.25) is 0 Å². The van der Waals surface area contributed by atoms with Gasteiger partial charge in [-0.3, -0.25) is 4.99 Å². The first kappa shape index (κ1) is 24.3. The van der Waals surface area contributed by atoms with Crippen LogP contribution in [0.25, 0.3) is 0 Å². The normalized spacial score (nSPS) is 22.3. The van der Waals surface area contributed by atoms with Gasteiger partial charge in [0.15, 0.2) is 5.96 Å². The maximum absolute atomic E-state index is 12.3. The molecule has 1 N–H and O–H groups in total. The van der Waals surface area contributed by atoms with Crippen LogP contribution in [0, 0.1) is 11.8 Å². The number of piperidine rings is 2. The van der Waals surface area contributed by atoms with Crippen molar-refractivity contribution in [2.75, 3.05) is 39.8 Å². The minimum atomic E-state index is -0.427. The fraction of sp³-hybridized carbons (Fsp3) is 0.900. The van der Waals surface area contributed by atoms with Gasteiger partial charge in [0, 0.05) is 39.8 Å². The van der Waals surface area contributed by atoms with Crippen LogP contribution in [0.4, 0.5) is 4.79 Å². The Morgan fingerprint density at radius 1 is 1.15 bits per heavy atom. The van der Waals surface area contributed by atoms with Gasteiger partial charge >= 0.3 is 6.09 Å². The van der Waals surface area contributed by atoms with E-state index in [1.807, 2.05) is 32.7 Å². The molecule has 6 nitrogen and oxygen atoms in total. The van der Waals surface area contributed by atoms with E-state index in [0.29, 0.717) is 5.92 Å². The summed E-state index contributed by atoms with van der Waals surface area (Å²) in [6, 6.07) is 0. The van der Waals surface area contributed by atoms with E-state index in [9.17, 15) is 4.79 Å². The minimum absolute atomic E-state index is 0. The Balaban J connectivity index is 0.00000364. The van der Waals surface area contributed by atoms with Crippen LogP contribution >= 0.6 is 24.0 Å². The number of carbonyl (C=O) groups is 1. The number of halogens is 1. The summed E-state index contributed by atoms with van der Waals surface area (Å²) in [6.45, 7) is 12.8. The van der Waals surface area contributed by atoms with Crippen molar-refractivity contribution in [2.24, 2.45) is 16.8 Å². The van der Waals surface area contributed by atoms with Crippen molar-refractivity contribution in [3.05, 3.63) is 0 Å². The Morgan fingerprint density at radius 3 is 2.41 bits per heavy atom. The summed E-state index contributed by atoms with van der Waals surface area (Å²) >= 11 is 0. The zero-order valence-corrected chi connectivity index (χ0v) is 20.1. The van der Waals surface area contributed by atoms with E-state index in [1.165, 1.54) is 19.3 Å². The number of amides is 1. The summed E-state index contributed by atoms with van der Waals surface area (Å²) in [4.78, 5) is 21.0. The standard InChI is InChI=1S/C20H38N4O2.HI/c1-16-9-13-23(14-10-16)18(21-5)22-11-8-17-7-6-12-24(15-17)19(25)26-20(2,3)4;/h16-17H,6-15H2,1-5H3,(H,21,22);1H. The fourth-order valence-corrected chi connectivity index (χ4v) is 3.73. The van der Waals surface area contributed by atoms with E-state index < -0.39 is 5.60 Å². The summed E-state index contributed by atoms with van der Waals surface area (Å²) in [5.74, 6) is 2.38. The van der Waals surface area contributed by atoms with Crippen LogP contribution in [0.3, 0.4) is 0 Å². The molecule has 0 saturated carbocycles. The molecule has 2 aliphatic heterocycles. The molecular formula is C20H39IN4O2. The van der Waals surface area contributed by atoms with Gasteiger partial charge in [0.05, 0.1) is 0 Å². The van der Waals surface area contributed by atoms with Gasteiger partial charge in [0.25, 0.3) is 0 Å². The van der Waals surface area contributed by atoms with Crippen LogP contribution in [0.15, 0.2) is 4.99 Å². The van der Waals surface area contributed by atoms with E-state index in [-0.39, 0.29) is 30.1 Å². The average molecular weight is 494 g/mol. The lowest BCUT2D eigenvalue weighted by Crippen LogP contribution is -2.46. The van der Waals surface area contributed by atoms with Crippen LogP contribution in [0.2, 0.25) is 0 Å². The van der Waals surface area contributed by atoms with Crippen LogP contribution in [-0.4, -0.2) is 67.2 Å². The molecule has 1 amide bonds. The highest BCUT2D eigenvalue weighted by Gasteiger charge is 2.27. The molecule has 2 fully saturated rings. The lowest BCUT2D eigenvalue weighted by molar-refractivity contribution is 0.0162. The van der Waals surface area contributed by atoms with Crippen molar-refractivity contribution >= 4 is 36.0 Å². The Morgan fingerprint density at radius 2 is 1.81 bits per heavy atom. The van der Waals surface area contributed by atoms with Crippen molar-refractivity contribution in [3.63, 3.8) is 0 Å². The second-order valence-electron chi connectivity index (χ2n) is 8.87. The molecule has 2 heterocycles. The summed E-state index contributed by atoms with van der Waals surface area (Å²) in [7, 11) is 1.87. The Labute approximate surface area is 182 Å². The van der Waals surface area contributed by atoms with Gasteiger partial charge in [-0.15, -0.1) is 24.0 Å². The molecule has 7 heteroatoms. The lowest BCUT2D eigenvalue weighted by atomic mass is 9.95. The topological polar surface area (TPSA) is 57.2 Å². The highest BCUT2D eigenvalue weighted by Crippen LogP contribution is 2.21. The maximum Gasteiger partial charge on any atom is 0.410 e. The Kier molecular flexibility index (Phi) is 10.2. The van der Waals surface area contributed by atoms with Crippen molar-refractivity contribution in [1.82, 2.24) is 15.1 Å². The van der Waals surface area contributed by atoms with Gasteiger partial charge in [-0.2, -0.15) is 0 Å². The van der Waals surface area contributed by atoms with Crippen molar-refractivity contribution in [2.45, 2.75) is 65.4 Å². The molecule has 0 aliphatic carbocycles. The number of aliphatic imine (C=N–C) groups is 1. The van der Waals surface area contributed by atoms with Crippen LogP contribution in [0.5, 0.6) is 0 Å². The summed E-state index contributed by atoms with van der Waals surface area (Å²) in [5.41, 5.74) is -0.427. The molecule has 27 heavy (non-hydrogen) atoms. The van der Waals surface area contributed by atoms with Crippen LogP contribution < -0.4 is 5.32 Å². The number of likely N-dealkylation sites (tertiary alicyclic amines) is 2. The highest BCUT2D eigenvalue weighted by molar-refractivity contribution is 14.0. The smallest absolute Gasteiger partial charge is 0.410 e. The molecule has 2 rings (SSSR count). The molecule has 2 saturated heterocycles. The third-order valence-electron chi connectivity index (χ3n) is 5.30. The molecule has 0 aromatic rings. The predicted octanol–water partition coefficient (Wildman–Crippen LogP) is 3.95. The second-order valence-corrected chi connectivity index (χ2v) is 8.87. The quantitative estimate of drug-likeness (QED) is 0.367. The molecular weight excluding hydrogens is 455 g/mol. The Bertz CT molecular complexity index is 485. The number of guanidine groups is 1. The van der Waals surface area contributed by atoms with E-state index in [0.717, 1.165) is 57.4 Å². The Hall–Kier alpha value is -0.730. The number of hydrogen-bond donors (Lipinski definition) is 1. The molecule has 0 bridgehead atoms. The van der Waals surface area contributed by atoms with E-state index in [4.69, 9.17) is 4.74 Å². The fourth-order valence-electron chi connectivity index (χ4n) is 3.73. The van der Waals surface area contributed by atoms with Crippen molar-refractivity contribution in [1.29, 1.82) is 0 Å². The van der Waals surface area contributed by atoms with Crippen LogP contribution in [-0.2, 0) is 4.74 Å². The molecule has 0 radical (unpaired) electrons. The number of hydrogen-bond acceptors (Lipinski definition) is 3. The minimum Gasteiger partial charge on any atom is -0.444 e. The molecule has 1 unspecified atom stereocenters.